The monoisotopic (exact) mass is 307 g/mol. The highest BCUT2D eigenvalue weighted by Crippen LogP contribution is 2.40. The molecule has 2 heterocycles. The van der Waals surface area contributed by atoms with Crippen molar-refractivity contribution in [3.63, 3.8) is 0 Å². The highest BCUT2D eigenvalue weighted by Gasteiger charge is 2.30. The molecule has 1 atom stereocenters. The van der Waals surface area contributed by atoms with E-state index >= 15 is 0 Å². The topological polar surface area (TPSA) is 58.4 Å². The third kappa shape index (κ3) is 2.74. The van der Waals surface area contributed by atoms with Gasteiger partial charge in [0, 0.05) is 24.3 Å². The van der Waals surface area contributed by atoms with Crippen molar-refractivity contribution in [1.82, 2.24) is 0 Å². The molecule has 1 aromatic rings. The summed E-state index contributed by atoms with van der Waals surface area (Å²) in [7, 11) is 0. The normalized spacial score (nSPS) is 24.5. The summed E-state index contributed by atoms with van der Waals surface area (Å²) in [5, 5.41) is 3.52. The number of nitrogens with zero attached hydrogens (tertiary/aromatic N) is 1. The van der Waals surface area contributed by atoms with E-state index in [4.69, 9.17) is 17.3 Å². The van der Waals surface area contributed by atoms with Crippen molar-refractivity contribution in [1.29, 1.82) is 0 Å². The van der Waals surface area contributed by atoms with Gasteiger partial charge in [0.25, 0.3) is 0 Å². The average Bonchev–Trinajstić information content (AvgIpc) is 2.59. The predicted molar refractivity (Wildman–Crippen MR) is 86.9 cm³/mol. The molecule has 2 aliphatic heterocycles. The number of rotatable bonds is 1. The third-order valence-corrected chi connectivity index (χ3v) is 4.98. The molecule has 3 N–H and O–H groups in total. The van der Waals surface area contributed by atoms with Crippen LogP contribution in [-0.4, -0.2) is 19.0 Å². The summed E-state index contributed by atoms with van der Waals surface area (Å²) in [4.78, 5) is 14.0. The van der Waals surface area contributed by atoms with Gasteiger partial charge in [0.05, 0.1) is 10.7 Å². The molecule has 0 saturated carbocycles. The maximum absolute atomic E-state index is 11.7. The second-order valence-electron chi connectivity index (χ2n) is 6.86. The van der Waals surface area contributed by atoms with Gasteiger partial charge in [-0.25, -0.2) is 0 Å². The average molecular weight is 308 g/mol. The van der Waals surface area contributed by atoms with Crippen LogP contribution in [0.1, 0.15) is 44.7 Å². The molecule has 5 heteroatoms. The summed E-state index contributed by atoms with van der Waals surface area (Å²) >= 11 is 6.44. The lowest BCUT2D eigenvalue weighted by Crippen LogP contribution is -2.25. The minimum atomic E-state index is -0.602. The van der Waals surface area contributed by atoms with Crippen LogP contribution in [0.3, 0.4) is 0 Å². The van der Waals surface area contributed by atoms with Crippen LogP contribution >= 0.6 is 11.6 Å². The van der Waals surface area contributed by atoms with Crippen LogP contribution in [0.15, 0.2) is 12.1 Å². The highest BCUT2D eigenvalue weighted by molar-refractivity contribution is 6.33. The van der Waals surface area contributed by atoms with Crippen molar-refractivity contribution in [2.24, 2.45) is 11.1 Å². The number of anilines is 2. The first-order valence-electron chi connectivity index (χ1n) is 7.52. The molecule has 3 rings (SSSR count). The van der Waals surface area contributed by atoms with Crippen LogP contribution in [0, 0.1) is 5.41 Å². The second-order valence-corrected chi connectivity index (χ2v) is 7.27. The van der Waals surface area contributed by atoms with Crippen molar-refractivity contribution in [3.05, 3.63) is 22.7 Å². The molecule has 1 fully saturated rings. The Balaban J connectivity index is 1.90. The molecule has 1 unspecified atom stereocenters. The van der Waals surface area contributed by atoms with Crippen LogP contribution in [0.4, 0.5) is 11.4 Å². The lowest BCUT2D eigenvalue weighted by Gasteiger charge is -2.26. The Bertz CT molecular complexity index is 585. The van der Waals surface area contributed by atoms with Gasteiger partial charge in [0.1, 0.15) is 6.04 Å². The zero-order chi connectivity index (χ0) is 15.2. The fraction of sp³-hybridized carbons (Fsp3) is 0.562. The molecule has 1 saturated heterocycles. The molecule has 1 amide bonds. The van der Waals surface area contributed by atoms with E-state index in [0.717, 1.165) is 42.9 Å². The zero-order valence-electron chi connectivity index (χ0n) is 12.6. The Kier molecular flexibility index (Phi) is 3.62. The van der Waals surface area contributed by atoms with Gasteiger partial charge in [-0.3, -0.25) is 4.79 Å². The van der Waals surface area contributed by atoms with E-state index in [-0.39, 0.29) is 5.91 Å². The molecular formula is C16H22ClN3O. The van der Waals surface area contributed by atoms with Crippen molar-refractivity contribution in [3.8, 4) is 0 Å². The third-order valence-electron chi connectivity index (χ3n) is 4.68. The molecule has 0 spiro atoms. The number of hydrogen-bond acceptors (Lipinski definition) is 3. The largest absolute Gasteiger partial charge is 0.370 e. The molecule has 1 aromatic carbocycles. The summed E-state index contributed by atoms with van der Waals surface area (Å²) in [6.45, 7) is 6.63. The molecule has 21 heavy (non-hydrogen) atoms. The fourth-order valence-corrected chi connectivity index (χ4v) is 3.49. The van der Waals surface area contributed by atoms with Gasteiger partial charge in [-0.05, 0) is 36.8 Å². The van der Waals surface area contributed by atoms with Crippen LogP contribution in [0.25, 0.3) is 0 Å². The molecule has 0 aromatic heterocycles. The molecule has 0 bridgehead atoms. The minimum absolute atomic E-state index is 0.157. The van der Waals surface area contributed by atoms with E-state index in [2.05, 4.69) is 24.1 Å². The van der Waals surface area contributed by atoms with Crippen molar-refractivity contribution >= 4 is 28.9 Å². The number of benzene rings is 1. The van der Waals surface area contributed by atoms with Crippen molar-refractivity contribution < 1.29 is 4.79 Å². The van der Waals surface area contributed by atoms with Crippen molar-refractivity contribution in [2.45, 2.75) is 39.2 Å². The number of nitrogens with two attached hydrogens (primary N) is 1. The number of fused-ring (bicyclic) bond motifs is 1. The van der Waals surface area contributed by atoms with Gasteiger partial charge in [-0.2, -0.15) is 0 Å². The summed E-state index contributed by atoms with van der Waals surface area (Å²) < 4.78 is 0. The van der Waals surface area contributed by atoms with E-state index in [0.29, 0.717) is 10.4 Å². The van der Waals surface area contributed by atoms with E-state index < -0.39 is 6.04 Å². The maximum atomic E-state index is 11.7. The number of nitrogens with one attached hydrogen (secondary N) is 1. The number of halogens is 1. The van der Waals surface area contributed by atoms with Gasteiger partial charge < -0.3 is 16.0 Å². The molecule has 4 nitrogen and oxygen atoms in total. The molecule has 0 radical (unpaired) electrons. The van der Waals surface area contributed by atoms with Gasteiger partial charge >= 0.3 is 0 Å². The van der Waals surface area contributed by atoms with Crippen LogP contribution in [0.2, 0.25) is 5.02 Å². The number of amides is 1. The van der Waals surface area contributed by atoms with Crippen molar-refractivity contribution in [2.75, 3.05) is 23.3 Å². The first kappa shape index (κ1) is 14.7. The Morgan fingerprint density at radius 3 is 2.86 bits per heavy atom. The summed E-state index contributed by atoms with van der Waals surface area (Å²) in [6.07, 6.45) is 3.53. The molecule has 2 aliphatic rings. The van der Waals surface area contributed by atoms with Gasteiger partial charge in [0.15, 0.2) is 0 Å². The Hall–Kier alpha value is -1.26. The highest BCUT2D eigenvalue weighted by atomic mass is 35.5. The van der Waals surface area contributed by atoms with Crippen LogP contribution in [0.5, 0.6) is 0 Å². The lowest BCUT2D eigenvalue weighted by molar-refractivity contribution is -0.116. The van der Waals surface area contributed by atoms with E-state index in [1.165, 1.54) is 6.42 Å². The minimum Gasteiger partial charge on any atom is -0.370 e. The van der Waals surface area contributed by atoms with Gasteiger partial charge in [-0.1, -0.05) is 25.4 Å². The SMILES string of the molecule is CC1(C)CCCN(c2cc3c(cc2Cl)C(N)C(=O)N3)CC1. The standard InChI is InChI=1S/C16H22ClN3O/c1-16(2)4-3-6-20(7-5-16)13-9-12-10(8-11(13)17)14(18)15(21)19-12/h8-9,14H,3-7,18H2,1-2H3,(H,19,21). The summed E-state index contributed by atoms with van der Waals surface area (Å²) in [5.41, 5.74) is 8.85. The van der Waals surface area contributed by atoms with Gasteiger partial charge in [0.2, 0.25) is 5.91 Å². The Morgan fingerprint density at radius 2 is 2.10 bits per heavy atom. The smallest absolute Gasteiger partial charge is 0.245 e. The van der Waals surface area contributed by atoms with Crippen LogP contribution in [-0.2, 0) is 4.79 Å². The summed E-state index contributed by atoms with van der Waals surface area (Å²) in [5.74, 6) is -0.157. The van der Waals surface area contributed by atoms with E-state index in [1.807, 2.05) is 12.1 Å². The predicted octanol–water partition coefficient (Wildman–Crippen LogP) is 3.31. The Morgan fingerprint density at radius 1 is 1.33 bits per heavy atom. The van der Waals surface area contributed by atoms with E-state index in [9.17, 15) is 4.79 Å². The van der Waals surface area contributed by atoms with E-state index in [1.54, 1.807) is 0 Å². The number of hydrogen-bond donors (Lipinski definition) is 2. The first-order valence-corrected chi connectivity index (χ1v) is 7.90. The summed E-state index contributed by atoms with van der Waals surface area (Å²) in [6, 6.07) is 3.21. The quantitative estimate of drug-likeness (QED) is 0.837. The molecule has 114 valence electrons. The fourth-order valence-electron chi connectivity index (χ4n) is 3.20. The Labute approximate surface area is 130 Å². The maximum Gasteiger partial charge on any atom is 0.245 e. The number of carbonyl (C=O) groups is 1. The molecular weight excluding hydrogens is 286 g/mol. The zero-order valence-corrected chi connectivity index (χ0v) is 13.3. The van der Waals surface area contributed by atoms with Crippen LogP contribution < -0.4 is 16.0 Å². The first-order chi connectivity index (χ1) is 9.87. The van der Waals surface area contributed by atoms with Gasteiger partial charge in [-0.15, -0.1) is 0 Å². The number of carbonyl (C=O) groups excluding carboxylic acids is 1. The second kappa shape index (κ2) is 5.18. The lowest BCUT2D eigenvalue weighted by atomic mass is 9.85. The molecule has 0 aliphatic carbocycles.